The number of pyridine rings is 1. The normalized spacial score (nSPS) is 14.3. The molecule has 0 aliphatic carbocycles. The predicted molar refractivity (Wildman–Crippen MR) is 73.8 cm³/mol. The van der Waals surface area contributed by atoms with Gasteiger partial charge in [-0.2, -0.15) is 0 Å². The van der Waals surface area contributed by atoms with Gasteiger partial charge >= 0.3 is 12.0 Å². The zero-order valence-electron chi connectivity index (χ0n) is 11.8. The van der Waals surface area contributed by atoms with E-state index in [-0.39, 0.29) is 18.5 Å². The third kappa shape index (κ3) is 3.47. The van der Waals surface area contributed by atoms with Crippen LogP contribution in [0.3, 0.4) is 0 Å². The molecule has 1 saturated heterocycles. The first-order chi connectivity index (χ1) is 10.0. The van der Waals surface area contributed by atoms with E-state index in [4.69, 9.17) is 0 Å². The molecule has 3 amide bonds. The number of ether oxygens (including phenoxy) is 1. The van der Waals surface area contributed by atoms with Gasteiger partial charge in [0.15, 0.2) is 0 Å². The van der Waals surface area contributed by atoms with Gasteiger partial charge in [0.2, 0.25) is 5.91 Å². The van der Waals surface area contributed by atoms with E-state index in [0.29, 0.717) is 24.5 Å². The summed E-state index contributed by atoms with van der Waals surface area (Å²) >= 11 is 0. The number of likely N-dealkylation sites (N-methyl/N-ethyl adjacent to an activating group) is 1. The number of hydrogen-bond donors (Lipinski definition) is 1. The zero-order valence-corrected chi connectivity index (χ0v) is 11.8. The number of urea groups is 1. The molecule has 0 unspecified atom stereocenters. The van der Waals surface area contributed by atoms with E-state index < -0.39 is 5.97 Å². The molecule has 0 atom stereocenters. The molecular formula is C13H16N4O4. The third-order valence-electron chi connectivity index (χ3n) is 3.09. The Hall–Kier alpha value is -2.64. The van der Waals surface area contributed by atoms with Crippen LogP contribution in [0.15, 0.2) is 18.3 Å². The number of amides is 3. The van der Waals surface area contributed by atoms with Gasteiger partial charge in [-0.3, -0.25) is 4.79 Å². The lowest BCUT2D eigenvalue weighted by Crippen LogP contribution is -2.36. The first-order valence-corrected chi connectivity index (χ1v) is 6.35. The summed E-state index contributed by atoms with van der Waals surface area (Å²) in [4.78, 5) is 41.7. The Morgan fingerprint density at radius 1 is 1.38 bits per heavy atom. The van der Waals surface area contributed by atoms with Crippen molar-refractivity contribution in [3.63, 3.8) is 0 Å². The van der Waals surface area contributed by atoms with E-state index in [0.717, 1.165) is 0 Å². The van der Waals surface area contributed by atoms with Crippen molar-refractivity contribution in [3.8, 4) is 0 Å². The fraction of sp³-hybridized carbons (Fsp3) is 0.385. The van der Waals surface area contributed by atoms with Crippen molar-refractivity contribution in [2.45, 2.75) is 0 Å². The smallest absolute Gasteiger partial charge is 0.339 e. The number of nitrogens with zero attached hydrogens (tertiary/aromatic N) is 3. The van der Waals surface area contributed by atoms with Gasteiger partial charge in [-0.15, -0.1) is 0 Å². The van der Waals surface area contributed by atoms with Crippen molar-refractivity contribution < 1.29 is 19.1 Å². The molecule has 1 fully saturated rings. The molecule has 1 aromatic rings. The summed E-state index contributed by atoms with van der Waals surface area (Å²) in [6, 6.07) is 2.84. The van der Waals surface area contributed by atoms with Crippen molar-refractivity contribution in [2.24, 2.45) is 0 Å². The molecule has 1 aromatic heterocycles. The second-order valence-corrected chi connectivity index (χ2v) is 4.60. The second kappa shape index (κ2) is 6.21. The van der Waals surface area contributed by atoms with Gasteiger partial charge in [0.05, 0.1) is 12.7 Å². The van der Waals surface area contributed by atoms with Crippen LogP contribution in [0.25, 0.3) is 0 Å². The van der Waals surface area contributed by atoms with Gasteiger partial charge in [0.1, 0.15) is 12.4 Å². The van der Waals surface area contributed by atoms with Gasteiger partial charge in [0, 0.05) is 26.3 Å². The van der Waals surface area contributed by atoms with Gasteiger partial charge in [-0.05, 0) is 12.1 Å². The summed E-state index contributed by atoms with van der Waals surface area (Å²) in [6.07, 6.45) is 1.32. The molecule has 1 aliphatic rings. The maximum Gasteiger partial charge on any atom is 0.339 e. The van der Waals surface area contributed by atoms with Crippen LogP contribution in [0.1, 0.15) is 10.4 Å². The topological polar surface area (TPSA) is 91.8 Å². The summed E-state index contributed by atoms with van der Waals surface area (Å²) in [5, 5.41) is 2.57. The lowest BCUT2D eigenvalue weighted by molar-refractivity contribution is -0.116. The number of methoxy groups -OCH3 is 1. The van der Waals surface area contributed by atoms with E-state index in [9.17, 15) is 14.4 Å². The number of nitrogens with one attached hydrogen (secondary N) is 1. The highest BCUT2D eigenvalue weighted by Crippen LogP contribution is 2.08. The fourth-order valence-electron chi connectivity index (χ4n) is 1.91. The number of rotatable bonds is 4. The van der Waals surface area contributed by atoms with E-state index in [1.54, 1.807) is 11.9 Å². The molecule has 1 aliphatic heterocycles. The Morgan fingerprint density at radius 2 is 2.14 bits per heavy atom. The van der Waals surface area contributed by atoms with Crippen LogP contribution in [0, 0.1) is 0 Å². The van der Waals surface area contributed by atoms with Crippen LogP contribution in [0.5, 0.6) is 0 Å². The Balaban J connectivity index is 1.91. The van der Waals surface area contributed by atoms with Crippen LogP contribution < -0.4 is 5.32 Å². The molecule has 2 heterocycles. The molecule has 0 spiro atoms. The molecule has 112 valence electrons. The number of carbonyl (C=O) groups is 3. The minimum Gasteiger partial charge on any atom is -0.465 e. The lowest BCUT2D eigenvalue weighted by Gasteiger charge is -2.15. The molecule has 8 heteroatoms. The van der Waals surface area contributed by atoms with Crippen LogP contribution >= 0.6 is 0 Å². The lowest BCUT2D eigenvalue weighted by atomic mass is 10.3. The highest BCUT2D eigenvalue weighted by atomic mass is 16.5. The summed E-state index contributed by atoms with van der Waals surface area (Å²) in [7, 11) is 2.97. The number of aromatic nitrogens is 1. The van der Waals surface area contributed by atoms with Crippen molar-refractivity contribution >= 4 is 23.7 Å². The molecule has 0 radical (unpaired) electrons. The summed E-state index contributed by atoms with van der Waals surface area (Å²) < 4.78 is 4.55. The number of anilines is 1. The first-order valence-electron chi connectivity index (χ1n) is 6.35. The van der Waals surface area contributed by atoms with Crippen LogP contribution in [-0.4, -0.2) is 66.5 Å². The van der Waals surface area contributed by atoms with E-state index in [2.05, 4.69) is 15.0 Å². The maximum absolute atomic E-state index is 11.8. The van der Waals surface area contributed by atoms with Crippen LogP contribution in [-0.2, 0) is 9.53 Å². The maximum atomic E-state index is 11.8. The van der Waals surface area contributed by atoms with E-state index >= 15 is 0 Å². The van der Waals surface area contributed by atoms with Crippen molar-refractivity contribution in [1.82, 2.24) is 14.8 Å². The van der Waals surface area contributed by atoms with E-state index in [1.807, 2.05) is 0 Å². The minimum atomic E-state index is -0.494. The highest BCUT2D eigenvalue weighted by molar-refractivity contribution is 5.94. The van der Waals surface area contributed by atoms with Gasteiger partial charge in [0.25, 0.3) is 0 Å². The quantitative estimate of drug-likeness (QED) is 0.799. The molecule has 0 saturated carbocycles. The summed E-state index contributed by atoms with van der Waals surface area (Å²) in [6.45, 7) is 1.11. The van der Waals surface area contributed by atoms with Crippen molar-refractivity contribution in [3.05, 3.63) is 23.9 Å². The molecule has 21 heavy (non-hydrogen) atoms. The van der Waals surface area contributed by atoms with Gasteiger partial charge < -0.3 is 19.9 Å². The predicted octanol–water partition coefficient (Wildman–Crippen LogP) is 0.174. The van der Waals surface area contributed by atoms with Crippen molar-refractivity contribution in [2.75, 3.05) is 39.1 Å². The molecule has 1 N–H and O–H groups in total. The summed E-state index contributed by atoms with van der Waals surface area (Å²) in [5.41, 5.74) is 0.298. The first kappa shape index (κ1) is 14.8. The van der Waals surface area contributed by atoms with E-state index in [1.165, 1.54) is 30.3 Å². The average molecular weight is 292 g/mol. The minimum absolute atomic E-state index is 0.0242. The molecule has 2 rings (SSSR count). The fourth-order valence-corrected chi connectivity index (χ4v) is 1.91. The standard InChI is InChI=1S/C13H16N4O4/c1-16-5-6-17(13(16)20)8-11(18)15-10-4-3-9(7-14-10)12(19)21-2/h3-4,7H,5-6,8H2,1-2H3,(H,14,15,18). The largest absolute Gasteiger partial charge is 0.465 e. The number of carbonyl (C=O) groups excluding carboxylic acids is 3. The third-order valence-corrected chi connectivity index (χ3v) is 3.09. The van der Waals surface area contributed by atoms with Gasteiger partial charge in [-0.25, -0.2) is 14.6 Å². The van der Waals surface area contributed by atoms with Gasteiger partial charge in [-0.1, -0.05) is 0 Å². The Morgan fingerprint density at radius 3 is 2.67 bits per heavy atom. The monoisotopic (exact) mass is 292 g/mol. The Kier molecular flexibility index (Phi) is 4.36. The average Bonchev–Trinajstić information content (AvgIpc) is 2.79. The number of esters is 1. The second-order valence-electron chi connectivity index (χ2n) is 4.60. The molecule has 8 nitrogen and oxygen atoms in total. The molecule has 0 bridgehead atoms. The van der Waals surface area contributed by atoms with Crippen LogP contribution in [0.2, 0.25) is 0 Å². The molecular weight excluding hydrogens is 276 g/mol. The molecule has 0 aromatic carbocycles. The van der Waals surface area contributed by atoms with Crippen molar-refractivity contribution in [1.29, 1.82) is 0 Å². The Labute approximate surface area is 121 Å². The SMILES string of the molecule is COC(=O)c1ccc(NC(=O)CN2CCN(C)C2=O)nc1. The zero-order chi connectivity index (χ0) is 15.4. The number of hydrogen-bond acceptors (Lipinski definition) is 5. The Bertz CT molecular complexity index is 558. The summed E-state index contributed by atoms with van der Waals surface area (Å²) in [5.74, 6) is -0.518. The highest BCUT2D eigenvalue weighted by Gasteiger charge is 2.26. The van der Waals surface area contributed by atoms with Crippen LogP contribution in [0.4, 0.5) is 10.6 Å².